The highest BCUT2D eigenvalue weighted by Gasteiger charge is 2.20. The van der Waals surface area contributed by atoms with Gasteiger partial charge < -0.3 is 0 Å². The molecule has 0 spiro atoms. The third kappa shape index (κ3) is 3.20. The van der Waals surface area contributed by atoms with Crippen LogP contribution in [0, 0.1) is 0 Å². The molecule has 1 aromatic carbocycles. The Hall–Kier alpha value is -0.590. The molecule has 0 bridgehead atoms. The van der Waals surface area contributed by atoms with E-state index in [1.54, 1.807) is 0 Å². The fourth-order valence-electron chi connectivity index (χ4n) is 1.15. The minimum atomic E-state index is -3.68. The minimum Gasteiger partial charge on any atom is -0.224 e. The van der Waals surface area contributed by atoms with Crippen LogP contribution in [0.3, 0.4) is 0 Å². The van der Waals surface area contributed by atoms with Crippen LogP contribution in [0.1, 0.15) is 17.7 Å². The molecule has 16 heavy (non-hydrogen) atoms. The molecule has 4 nitrogen and oxygen atoms in total. The van der Waals surface area contributed by atoms with E-state index in [2.05, 4.69) is 0 Å². The summed E-state index contributed by atoms with van der Waals surface area (Å²) in [5.41, 5.74) is 0.461. The van der Waals surface area contributed by atoms with Crippen molar-refractivity contribution >= 4 is 29.6 Å². The van der Waals surface area contributed by atoms with E-state index in [0.29, 0.717) is 5.56 Å². The van der Waals surface area contributed by atoms with Gasteiger partial charge in [-0.25, -0.2) is 16.8 Å². The number of hydrogen-bond acceptors (Lipinski definition) is 4. The quantitative estimate of drug-likeness (QED) is 0.792. The Morgan fingerprint density at radius 2 is 1.50 bits per heavy atom. The van der Waals surface area contributed by atoms with E-state index in [0.717, 1.165) is 6.26 Å². The van der Waals surface area contributed by atoms with Crippen molar-refractivity contribution in [3.63, 3.8) is 0 Å². The molecule has 0 aliphatic carbocycles. The van der Waals surface area contributed by atoms with Crippen LogP contribution >= 0.6 is 10.7 Å². The second kappa shape index (κ2) is 4.35. The number of benzene rings is 1. The second-order valence-electron chi connectivity index (χ2n) is 3.46. The molecule has 0 heterocycles. The molecule has 1 rings (SSSR count). The molecule has 1 atom stereocenters. The Kier molecular flexibility index (Phi) is 3.66. The lowest BCUT2D eigenvalue weighted by molar-refractivity contribution is 0.600. The lowest BCUT2D eigenvalue weighted by Crippen LogP contribution is -2.03. The molecule has 0 amide bonds. The maximum Gasteiger partial charge on any atom is 0.239 e. The Morgan fingerprint density at radius 3 is 1.81 bits per heavy atom. The highest BCUT2D eigenvalue weighted by atomic mass is 35.7. The van der Waals surface area contributed by atoms with Crippen molar-refractivity contribution in [2.45, 2.75) is 17.1 Å². The predicted molar refractivity (Wildman–Crippen MR) is 62.7 cm³/mol. The number of hydrogen-bond donors (Lipinski definition) is 0. The summed E-state index contributed by atoms with van der Waals surface area (Å²) < 4.78 is 44.5. The zero-order chi connectivity index (χ0) is 12.6. The van der Waals surface area contributed by atoms with Crippen LogP contribution in [0.5, 0.6) is 0 Å². The maximum absolute atomic E-state index is 11.2. The van der Waals surface area contributed by atoms with Crippen LogP contribution in [0.15, 0.2) is 29.2 Å². The first-order valence-corrected chi connectivity index (χ1v) is 8.62. The molecule has 0 aliphatic rings. The first-order valence-electron chi connectivity index (χ1n) is 4.36. The zero-order valence-corrected chi connectivity index (χ0v) is 11.1. The summed E-state index contributed by atoms with van der Waals surface area (Å²) in [7, 11) is -1.74. The summed E-state index contributed by atoms with van der Waals surface area (Å²) in [4.78, 5) is 0.149. The molecular formula is C9H11ClO4S2. The largest absolute Gasteiger partial charge is 0.239 e. The smallest absolute Gasteiger partial charge is 0.224 e. The fourth-order valence-corrected chi connectivity index (χ4v) is 2.57. The van der Waals surface area contributed by atoms with E-state index in [-0.39, 0.29) is 4.90 Å². The van der Waals surface area contributed by atoms with Crippen molar-refractivity contribution in [2.24, 2.45) is 0 Å². The highest BCUT2D eigenvalue weighted by molar-refractivity contribution is 8.13. The average Bonchev–Trinajstić information content (AvgIpc) is 2.14. The van der Waals surface area contributed by atoms with E-state index in [1.807, 2.05) is 0 Å². The Morgan fingerprint density at radius 1 is 1.06 bits per heavy atom. The molecule has 0 aromatic heterocycles. The van der Waals surface area contributed by atoms with Crippen LogP contribution < -0.4 is 0 Å². The molecule has 0 saturated heterocycles. The highest BCUT2D eigenvalue weighted by Crippen LogP contribution is 2.25. The fraction of sp³-hybridized carbons (Fsp3) is 0.333. The van der Waals surface area contributed by atoms with Gasteiger partial charge in [0, 0.05) is 16.9 Å². The molecule has 1 unspecified atom stereocenters. The molecule has 0 radical (unpaired) electrons. The first-order chi connectivity index (χ1) is 7.12. The molecule has 7 heteroatoms. The molecule has 0 N–H and O–H groups in total. The lowest BCUT2D eigenvalue weighted by atomic mass is 10.2. The first kappa shape index (κ1) is 13.5. The third-order valence-corrected chi connectivity index (χ3v) is 5.25. The zero-order valence-electron chi connectivity index (χ0n) is 8.71. The van der Waals surface area contributed by atoms with Crippen LogP contribution in [0.2, 0.25) is 0 Å². The van der Waals surface area contributed by atoms with Gasteiger partial charge in [-0.3, -0.25) is 0 Å². The monoisotopic (exact) mass is 282 g/mol. The van der Waals surface area contributed by atoms with Gasteiger partial charge in [-0.15, -0.1) is 0 Å². The van der Waals surface area contributed by atoms with Crippen molar-refractivity contribution in [3.8, 4) is 0 Å². The van der Waals surface area contributed by atoms with Crippen molar-refractivity contribution in [1.29, 1.82) is 0 Å². The van der Waals surface area contributed by atoms with Crippen LogP contribution in [0.25, 0.3) is 0 Å². The number of rotatable bonds is 3. The van der Waals surface area contributed by atoms with Gasteiger partial charge in [-0.1, -0.05) is 12.1 Å². The van der Waals surface area contributed by atoms with Gasteiger partial charge in [-0.2, -0.15) is 0 Å². The Bertz CT molecular complexity index is 572. The second-order valence-corrected chi connectivity index (χ2v) is 8.42. The summed E-state index contributed by atoms with van der Waals surface area (Å²) >= 11 is 0. The topological polar surface area (TPSA) is 68.3 Å². The maximum atomic E-state index is 11.2. The van der Waals surface area contributed by atoms with Crippen molar-refractivity contribution in [2.75, 3.05) is 6.26 Å². The van der Waals surface area contributed by atoms with Gasteiger partial charge in [0.2, 0.25) is 9.05 Å². The molecular weight excluding hydrogens is 272 g/mol. The van der Waals surface area contributed by atoms with E-state index in [4.69, 9.17) is 10.7 Å². The summed E-state index contributed by atoms with van der Waals surface area (Å²) in [6.45, 7) is 1.44. The SMILES string of the molecule is CC(c1ccc(S(C)(=O)=O)cc1)S(=O)(=O)Cl. The van der Waals surface area contributed by atoms with Crippen molar-refractivity contribution in [1.82, 2.24) is 0 Å². The van der Waals surface area contributed by atoms with Gasteiger partial charge in [0.15, 0.2) is 9.84 Å². The average molecular weight is 283 g/mol. The molecule has 1 aromatic rings. The molecule has 0 aliphatic heterocycles. The van der Waals surface area contributed by atoms with E-state index in [1.165, 1.54) is 31.2 Å². The third-order valence-electron chi connectivity index (χ3n) is 2.20. The summed E-state index contributed by atoms with van der Waals surface area (Å²) in [5.74, 6) is 0. The standard InChI is InChI=1S/C9H11ClO4S2/c1-7(16(10,13)14)8-3-5-9(6-4-8)15(2,11)12/h3-7H,1-2H3. The van der Waals surface area contributed by atoms with Crippen molar-refractivity contribution < 1.29 is 16.8 Å². The van der Waals surface area contributed by atoms with Gasteiger partial charge in [0.1, 0.15) is 0 Å². The van der Waals surface area contributed by atoms with Gasteiger partial charge >= 0.3 is 0 Å². The van der Waals surface area contributed by atoms with E-state index >= 15 is 0 Å². The van der Waals surface area contributed by atoms with E-state index < -0.39 is 24.1 Å². The molecule has 0 fully saturated rings. The summed E-state index contributed by atoms with van der Waals surface area (Å²) in [6.07, 6.45) is 1.09. The summed E-state index contributed by atoms with van der Waals surface area (Å²) in [5, 5.41) is -0.859. The van der Waals surface area contributed by atoms with Gasteiger partial charge in [0.25, 0.3) is 0 Å². The van der Waals surface area contributed by atoms with Crippen LogP contribution in [-0.2, 0) is 18.9 Å². The predicted octanol–water partition coefficient (Wildman–Crippen LogP) is 1.72. The normalized spacial score (nSPS) is 14.7. The van der Waals surface area contributed by atoms with Crippen LogP contribution in [0.4, 0.5) is 0 Å². The van der Waals surface area contributed by atoms with Crippen molar-refractivity contribution in [3.05, 3.63) is 29.8 Å². The van der Waals surface area contributed by atoms with E-state index in [9.17, 15) is 16.8 Å². The summed E-state index contributed by atoms with van der Waals surface area (Å²) in [6, 6.07) is 5.62. The molecule has 0 saturated carbocycles. The lowest BCUT2D eigenvalue weighted by Gasteiger charge is -2.08. The molecule has 90 valence electrons. The Labute approximate surface area is 99.6 Å². The minimum absolute atomic E-state index is 0.149. The van der Waals surface area contributed by atoms with Crippen LogP contribution in [-0.4, -0.2) is 23.1 Å². The Balaban J connectivity index is 3.15. The number of sulfone groups is 1. The van der Waals surface area contributed by atoms with Gasteiger partial charge in [0.05, 0.1) is 10.1 Å². The number of halogens is 1. The van der Waals surface area contributed by atoms with Gasteiger partial charge in [-0.05, 0) is 24.6 Å².